The van der Waals surface area contributed by atoms with E-state index in [1.165, 1.54) is 11.3 Å². The van der Waals surface area contributed by atoms with Crippen LogP contribution in [0.5, 0.6) is 0 Å². The van der Waals surface area contributed by atoms with Crippen LogP contribution in [-0.4, -0.2) is 22.0 Å². The van der Waals surface area contributed by atoms with Gasteiger partial charge in [-0.2, -0.15) is 0 Å². The van der Waals surface area contributed by atoms with Crippen molar-refractivity contribution in [1.82, 2.24) is 9.38 Å². The SMILES string of the molecule is CCOC(=O)c1csc2nc(-c3ccc(Cl)cc3)cn12. The Labute approximate surface area is 124 Å². The van der Waals surface area contributed by atoms with Gasteiger partial charge in [-0.15, -0.1) is 11.3 Å². The van der Waals surface area contributed by atoms with Gasteiger partial charge < -0.3 is 4.74 Å². The first-order valence-electron chi connectivity index (χ1n) is 6.08. The number of imidazole rings is 1. The normalized spacial score (nSPS) is 10.9. The lowest BCUT2D eigenvalue weighted by atomic mass is 10.2. The van der Waals surface area contributed by atoms with E-state index in [0.717, 1.165) is 16.2 Å². The van der Waals surface area contributed by atoms with Crippen LogP contribution in [0.25, 0.3) is 16.2 Å². The van der Waals surface area contributed by atoms with E-state index < -0.39 is 0 Å². The van der Waals surface area contributed by atoms with Gasteiger partial charge in [-0.3, -0.25) is 4.40 Å². The molecule has 0 radical (unpaired) electrons. The van der Waals surface area contributed by atoms with E-state index in [9.17, 15) is 4.79 Å². The van der Waals surface area contributed by atoms with Crippen LogP contribution in [-0.2, 0) is 4.74 Å². The number of hydrogen-bond donors (Lipinski definition) is 0. The molecule has 3 aromatic rings. The Bertz CT molecular complexity index is 761. The Morgan fingerprint density at radius 3 is 2.85 bits per heavy atom. The summed E-state index contributed by atoms with van der Waals surface area (Å²) in [6.45, 7) is 2.14. The number of fused-ring (bicyclic) bond motifs is 1. The molecule has 1 aromatic carbocycles. The Kier molecular flexibility index (Phi) is 3.46. The van der Waals surface area contributed by atoms with Crippen molar-refractivity contribution in [1.29, 1.82) is 0 Å². The maximum absolute atomic E-state index is 11.8. The highest BCUT2D eigenvalue weighted by atomic mass is 35.5. The molecule has 0 unspecified atom stereocenters. The van der Waals surface area contributed by atoms with E-state index in [1.54, 1.807) is 16.7 Å². The van der Waals surface area contributed by atoms with Crippen molar-refractivity contribution in [2.45, 2.75) is 6.92 Å². The lowest BCUT2D eigenvalue weighted by Crippen LogP contribution is -2.06. The molecule has 0 bridgehead atoms. The van der Waals surface area contributed by atoms with Gasteiger partial charge in [0, 0.05) is 22.2 Å². The van der Waals surface area contributed by atoms with Gasteiger partial charge in [0.2, 0.25) is 0 Å². The van der Waals surface area contributed by atoms with Crippen molar-refractivity contribution in [3.63, 3.8) is 0 Å². The second-order valence-electron chi connectivity index (χ2n) is 4.13. The number of aromatic nitrogens is 2. The maximum Gasteiger partial charge on any atom is 0.356 e. The first kappa shape index (κ1) is 13.1. The Morgan fingerprint density at radius 1 is 1.40 bits per heavy atom. The van der Waals surface area contributed by atoms with Gasteiger partial charge in [0.05, 0.1) is 12.3 Å². The fourth-order valence-electron chi connectivity index (χ4n) is 1.90. The fourth-order valence-corrected chi connectivity index (χ4v) is 2.86. The lowest BCUT2D eigenvalue weighted by Gasteiger charge is -1.99. The molecule has 0 fully saturated rings. The summed E-state index contributed by atoms with van der Waals surface area (Å²) in [7, 11) is 0. The Balaban J connectivity index is 2.03. The molecule has 102 valence electrons. The predicted octanol–water partition coefficient (Wildman–Crippen LogP) is 3.89. The topological polar surface area (TPSA) is 43.6 Å². The van der Waals surface area contributed by atoms with E-state index in [0.29, 0.717) is 17.3 Å². The molecule has 0 atom stereocenters. The molecule has 2 heterocycles. The molecule has 3 rings (SSSR count). The average molecular weight is 307 g/mol. The average Bonchev–Trinajstić information content (AvgIpc) is 2.99. The van der Waals surface area contributed by atoms with Crippen molar-refractivity contribution < 1.29 is 9.53 Å². The lowest BCUT2D eigenvalue weighted by molar-refractivity contribution is 0.0518. The molecule has 0 aliphatic carbocycles. The highest BCUT2D eigenvalue weighted by Gasteiger charge is 2.15. The number of rotatable bonds is 3. The van der Waals surface area contributed by atoms with E-state index >= 15 is 0 Å². The van der Waals surface area contributed by atoms with Gasteiger partial charge in [0.25, 0.3) is 0 Å². The molecule has 0 N–H and O–H groups in total. The standard InChI is InChI=1S/C14H11ClN2O2S/c1-2-19-13(18)12-8-20-14-16-11(7-17(12)14)9-3-5-10(15)6-4-9/h3-8H,2H2,1H3. The largest absolute Gasteiger partial charge is 0.461 e. The third kappa shape index (κ3) is 2.30. The van der Waals surface area contributed by atoms with Crippen molar-refractivity contribution in [3.05, 3.63) is 46.6 Å². The minimum atomic E-state index is -0.334. The Morgan fingerprint density at radius 2 is 2.15 bits per heavy atom. The van der Waals surface area contributed by atoms with Crippen LogP contribution in [0.4, 0.5) is 0 Å². The summed E-state index contributed by atoms with van der Waals surface area (Å²) in [5.41, 5.74) is 2.26. The zero-order valence-electron chi connectivity index (χ0n) is 10.7. The summed E-state index contributed by atoms with van der Waals surface area (Å²) in [5, 5.41) is 2.44. The number of halogens is 1. The monoisotopic (exact) mass is 306 g/mol. The zero-order chi connectivity index (χ0) is 14.1. The van der Waals surface area contributed by atoms with Crippen LogP contribution in [0.15, 0.2) is 35.8 Å². The number of ether oxygens (including phenoxy) is 1. The number of hydrogen-bond acceptors (Lipinski definition) is 4. The van der Waals surface area contributed by atoms with Crippen LogP contribution >= 0.6 is 22.9 Å². The van der Waals surface area contributed by atoms with Crippen LogP contribution < -0.4 is 0 Å². The first-order chi connectivity index (χ1) is 9.69. The number of carbonyl (C=O) groups is 1. The minimum Gasteiger partial charge on any atom is -0.461 e. The number of esters is 1. The molecule has 4 nitrogen and oxygen atoms in total. The highest BCUT2D eigenvalue weighted by molar-refractivity contribution is 7.15. The third-order valence-corrected chi connectivity index (χ3v) is 3.93. The van der Waals surface area contributed by atoms with Gasteiger partial charge in [-0.1, -0.05) is 23.7 Å². The molecular formula is C14H11ClN2O2S. The molecule has 0 spiro atoms. The molecule has 0 saturated carbocycles. The van der Waals surface area contributed by atoms with Crippen molar-refractivity contribution in [2.24, 2.45) is 0 Å². The summed E-state index contributed by atoms with van der Waals surface area (Å²) in [6, 6.07) is 7.44. The molecule has 2 aromatic heterocycles. The number of carbonyl (C=O) groups excluding carboxylic acids is 1. The van der Waals surface area contributed by atoms with E-state index in [4.69, 9.17) is 16.3 Å². The third-order valence-electron chi connectivity index (χ3n) is 2.83. The number of nitrogens with zero attached hydrogens (tertiary/aromatic N) is 2. The molecule has 0 aliphatic heterocycles. The van der Waals surface area contributed by atoms with Gasteiger partial charge in [0.15, 0.2) is 4.96 Å². The summed E-state index contributed by atoms with van der Waals surface area (Å²) >= 11 is 7.29. The minimum absolute atomic E-state index is 0.334. The maximum atomic E-state index is 11.8. The van der Waals surface area contributed by atoms with Crippen LogP contribution in [0.1, 0.15) is 17.4 Å². The van der Waals surface area contributed by atoms with Crippen molar-refractivity contribution >= 4 is 33.9 Å². The fraction of sp³-hybridized carbons (Fsp3) is 0.143. The number of thiazole rings is 1. The number of benzene rings is 1. The summed E-state index contributed by atoms with van der Waals surface area (Å²) in [6.07, 6.45) is 1.83. The molecule has 0 amide bonds. The highest BCUT2D eigenvalue weighted by Crippen LogP contribution is 2.25. The van der Waals surface area contributed by atoms with Crippen molar-refractivity contribution in [2.75, 3.05) is 6.61 Å². The van der Waals surface area contributed by atoms with E-state index in [2.05, 4.69) is 4.98 Å². The van der Waals surface area contributed by atoms with Crippen molar-refractivity contribution in [3.8, 4) is 11.3 Å². The molecule has 0 aliphatic rings. The van der Waals surface area contributed by atoms with E-state index in [-0.39, 0.29) is 5.97 Å². The van der Waals surface area contributed by atoms with Gasteiger partial charge in [0.1, 0.15) is 5.69 Å². The van der Waals surface area contributed by atoms with Crippen LogP contribution in [0.2, 0.25) is 5.02 Å². The molecular weight excluding hydrogens is 296 g/mol. The van der Waals surface area contributed by atoms with Gasteiger partial charge >= 0.3 is 5.97 Å². The zero-order valence-corrected chi connectivity index (χ0v) is 12.2. The molecule has 6 heteroatoms. The van der Waals surface area contributed by atoms with Gasteiger partial charge in [-0.25, -0.2) is 9.78 Å². The second-order valence-corrected chi connectivity index (χ2v) is 5.40. The quantitative estimate of drug-likeness (QED) is 0.689. The summed E-state index contributed by atoms with van der Waals surface area (Å²) in [4.78, 5) is 17.1. The first-order valence-corrected chi connectivity index (χ1v) is 7.34. The molecule has 0 saturated heterocycles. The van der Waals surface area contributed by atoms with E-state index in [1.807, 2.05) is 30.5 Å². The van der Waals surface area contributed by atoms with Crippen LogP contribution in [0, 0.1) is 0 Å². The predicted molar refractivity (Wildman–Crippen MR) is 79.5 cm³/mol. The summed E-state index contributed by atoms with van der Waals surface area (Å²) < 4.78 is 6.78. The summed E-state index contributed by atoms with van der Waals surface area (Å²) in [5.74, 6) is -0.334. The second kappa shape index (κ2) is 5.26. The molecule has 20 heavy (non-hydrogen) atoms. The van der Waals surface area contributed by atoms with Gasteiger partial charge in [-0.05, 0) is 19.1 Å². The Hall–Kier alpha value is -1.85. The van der Waals surface area contributed by atoms with Crippen LogP contribution in [0.3, 0.4) is 0 Å². The smallest absolute Gasteiger partial charge is 0.356 e.